The van der Waals surface area contributed by atoms with Crippen LogP contribution < -0.4 is 0 Å². The van der Waals surface area contributed by atoms with Gasteiger partial charge in [-0.25, -0.2) is 0 Å². The molecule has 0 aliphatic heterocycles. The summed E-state index contributed by atoms with van der Waals surface area (Å²) >= 11 is 0. The van der Waals surface area contributed by atoms with E-state index in [1.54, 1.807) is 13.4 Å². The van der Waals surface area contributed by atoms with Gasteiger partial charge in [0, 0.05) is 20.3 Å². The summed E-state index contributed by atoms with van der Waals surface area (Å²) in [6.07, 6.45) is 36.6. The lowest BCUT2D eigenvalue weighted by Gasteiger charge is -2.19. The maximum Gasteiger partial charge on any atom is 0.187 e. The van der Waals surface area contributed by atoms with Crippen molar-refractivity contribution in [2.24, 2.45) is 0 Å². The second-order valence-corrected chi connectivity index (χ2v) is 11.1. The van der Waals surface area contributed by atoms with Gasteiger partial charge in [-0.2, -0.15) is 0 Å². The molecule has 0 saturated carbocycles. The Balaban J connectivity index is 3.87. The van der Waals surface area contributed by atoms with Gasteiger partial charge in [0.25, 0.3) is 0 Å². The van der Waals surface area contributed by atoms with Crippen LogP contribution >= 0.6 is 0 Å². The number of ether oxygens (including phenoxy) is 4. The minimum absolute atomic E-state index is 0.0104. The van der Waals surface area contributed by atoms with Crippen LogP contribution in [0.25, 0.3) is 0 Å². The number of unbranched alkanes of at least 4 members (excludes halogenated alkanes) is 21. The summed E-state index contributed by atoms with van der Waals surface area (Å²) in [5.74, 6) is 0. The predicted octanol–water partition coefficient (Wildman–Crippen LogP) is 11.3. The maximum atomic E-state index is 6.22. The molecular weight excluding hydrogens is 472 g/mol. The van der Waals surface area contributed by atoms with Crippen LogP contribution in [0.2, 0.25) is 0 Å². The molecule has 0 aromatic rings. The second-order valence-electron chi connectivity index (χ2n) is 11.1. The predicted molar refractivity (Wildman–Crippen MR) is 165 cm³/mol. The van der Waals surface area contributed by atoms with E-state index in [4.69, 9.17) is 18.9 Å². The summed E-state index contributed by atoms with van der Waals surface area (Å²) in [5, 5.41) is 0. The fraction of sp³-hybridized carbons (Fsp3) is 0.941. The molecule has 0 atom stereocenters. The normalized spacial score (nSPS) is 11.8. The molecule has 4 heteroatoms. The summed E-state index contributed by atoms with van der Waals surface area (Å²) in [7, 11) is 1.64. The molecule has 0 heterocycles. The lowest BCUT2D eigenvalue weighted by atomic mass is 10.1. The first-order chi connectivity index (χ1) is 18.8. The van der Waals surface area contributed by atoms with E-state index in [2.05, 4.69) is 19.9 Å². The van der Waals surface area contributed by atoms with E-state index in [-0.39, 0.29) is 6.29 Å². The average Bonchev–Trinajstić information content (AvgIpc) is 2.93. The Morgan fingerprint density at radius 3 is 1.39 bits per heavy atom. The van der Waals surface area contributed by atoms with Crippen LogP contribution in [0.5, 0.6) is 0 Å². The topological polar surface area (TPSA) is 36.9 Å². The fourth-order valence-electron chi connectivity index (χ4n) is 4.82. The van der Waals surface area contributed by atoms with Crippen molar-refractivity contribution in [3.05, 3.63) is 12.3 Å². The SMILES string of the molecule is CCCCCCCCCCOC(CCCCCCCCCC=COCOC)OCCCCCCCCCC. The van der Waals surface area contributed by atoms with Crippen molar-refractivity contribution in [1.82, 2.24) is 0 Å². The Kier molecular flexibility index (Phi) is 33.9. The molecule has 0 aliphatic carbocycles. The van der Waals surface area contributed by atoms with Gasteiger partial charge in [0.05, 0.1) is 6.26 Å². The third-order valence-electron chi connectivity index (χ3n) is 7.29. The highest BCUT2D eigenvalue weighted by Gasteiger charge is 2.09. The smallest absolute Gasteiger partial charge is 0.187 e. The van der Waals surface area contributed by atoms with E-state index in [9.17, 15) is 0 Å². The van der Waals surface area contributed by atoms with Crippen LogP contribution in [0.3, 0.4) is 0 Å². The lowest BCUT2D eigenvalue weighted by molar-refractivity contribution is -0.148. The van der Waals surface area contributed by atoms with Crippen molar-refractivity contribution in [3.8, 4) is 0 Å². The summed E-state index contributed by atoms with van der Waals surface area (Å²) < 4.78 is 22.5. The van der Waals surface area contributed by atoms with Gasteiger partial charge in [0.1, 0.15) is 0 Å². The summed E-state index contributed by atoms with van der Waals surface area (Å²) in [6.45, 7) is 6.64. The molecule has 0 bridgehead atoms. The number of rotatable bonds is 33. The average molecular weight is 541 g/mol. The zero-order chi connectivity index (χ0) is 27.6. The molecule has 0 radical (unpaired) electrons. The molecule has 0 N–H and O–H groups in total. The number of methoxy groups -OCH3 is 1. The van der Waals surface area contributed by atoms with Crippen molar-refractivity contribution in [2.75, 3.05) is 27.1 Å². The molecule has 0 unspecified atom stereocenters. The molecule has 0 fully saturated rings. The zero-order valence-electron chi connectivity index (χ0n) is 26.2. The minimum Gasteiger partial charge on any atom is -0.476 e. The van der Waals surface area contributed by atoms with Crippen molar-refractivity contribution in [1.29, 1.82) is 0 Å². The van der Waals surface area contributed by atoms with Crippen LogP contribution in [-0.2, 0) is 18.9 Å². The summed E-state index contributed by atoms with van der Waals surface area (Å²) in [5.41, 5.74) is 0. The number of hydrogen-bond donors (Lipinski definition) is 0. The molecule has 0 saturated heterocycles. The molecule has 0 rings (SSSR count). The van der Waals surface area contributed by atoms with E-state index in [1.807, 2.05) is 0 Å². The van der Waals surface area contributed by atoms with Gasteiger partial charge in [-0.05, 0) is 44.6 Å². The Labute approximate surface area is 239 Å². The second kappa shape index (κ2) is 34.4. The van der Waals surface area contributed by atoms with Crippen molar-refractivity contribution < 1.29 is 18.9 Å². The van der Waals surface area contributed by atoms with Gasteiger partial charge in [-0.1, -0.05) is 136 Å². The van der Waals surface area contributed by atoms with Crippen LogP contribution in [0.15, 0.2) is 12.3 Å². The molecule has 0 spiro atoms. The molecular formula is C34H68O4. The monoisotopic (exact) mass is 541 g/mol. The van der Waals surface area contributed by atoms with Gasteiger partial charge >= 0.3 is 0 Å². The number of allylic oxidation sites excluding steroid dienone is 1. The van der Waals surface area contributed by atoms with Gasteiger partial charge < -0.3 is 18.9 Å². The van der Waals surface area contributed by atoms with E-state index >= 15 is 0 Å². The Morgan fingerprint density at radius 1 is 0.500 bits per heavy atom. The van der Waals surface area contributed by atoms with E-state index < -0.39 is 0 Å². The van der Waals surface area contributed by atoms with Gasteiger partial charge in [-0.3, -0.25) is 0 Å². The molecule has 0 amide bonds. The molecule has 228 valence electrons. The third-order valence-corrected chi connectivity index (χ3v) is 7.29. The zero-order valence-corrected chi connectivity index (χ0v) is 26.2. The quantitative estimate of drug-likeness (QED) is 0.0471. The first-order valence-corrected chi connectivity index (χ1v) is 16.8. The molecule has 0 aliphatic rings. The Bertz CT molecular complexity index is 418. The van der Waals surface area contributed by atoms with Gasteiger partial charge in [0.2, 0.25) is 0 Å². The standard InChI is InChI=1S/C34H68O4/c1-4-6-8-10-12-19-23-27-31-37-34(38-32-28-24-20-13-11-9-7-5-2)29-25-21-17-15-14-16-18-22-26-30-36-33-35-3/h26,30,34H,4-25,27-29,31-33H2,1-3H3. The van der Waals surface area contributed by atoms with Gasteiger partial charge in [0.15, 0.2) is 13.1 Å². The lowest BCUT2D eigenvalue weighted by Crippen LogP contribution is -2.19. The van der Waals surface area contributed by atoms with Crippen LogP contribution in [-0.4, -0.2) is 33.4 Å². The summed E-state index contributed by atoms with van der Waals surface area (Å²) in [4.78, 5) is 0. The third kappa shape index (κ3) is 31.6. The first-order valence-electron chi connectivity index (χ1n) is 16.8. The van der Waals surface area contributed by atoms with Crippen LogP contribution in [0, 0.1) is 0 Å². The molecule has 38 heavy (non-hydrogen) atoms. The Hall–Kier alpha value is -0.580. The molecule has 0 aromatic carbocycles. The van der Waals surface area contributed by atoms with Crippen LogP contribution in [0.4, 0.5) is 0 Å². The molecule has 0 aromatic heterocycles. The number of hydrogen-bond acceptors (Lipinski definition) is 4. The maximum absolute atomic E-state index is 6.22. The van der Waals surface area contributed by atoms with Gasteiger partial charge in [-0.15, -0.1) is 0 Å². The Morgan fingerprint density at radius 2 is 0.921 bits per heavy atom. The van der Waals surface area contributed by atoms with Crippen molar-refractivity contribution in [3.63, 3.8) is 0 Å². The highest BCUT2D eigenvalue weighted by atomic mass is 16.7. The highest BCUT2D eigenvalue weighted by Crippen LogP contribution is 2.15. The van der Waals surface area contributed by atoms with E-state index in [1.165, 1.54) is 148 Å². The van der Waals surface area contributed by atoms with Crippen molar-refractivity contribution >= 4 is 0 Å². The first kappa shape index (κ1) is 37.4. The fourth-order valence-corrected chi connectivity index (χ4v) is 4.82. The summed E-state index contributed by atoms with van der Waals surface area (Å²) in [6, 6.07) is 0. The minimum atomic E-state index is 0.0104. The van der Waals surface area contributed by atoms with E-state index in [0.29, 0.717) is 6.79 Å². The van der Waals surface area contributed by atoms with E-state index in [0.717, 1.165) is 26.1 Å². The van der Waals surface area contributed by atoms with Crippen LogP contribution in [0.1, 0.15) is 174 Å². The largest absolute Gasteiger partial charge is 0.476 e. The molecule has 4 nitrogen and oxygen atoms in total. The van der Waals surface area contributed by atoms with Crippen molar-refractivity contribution in [2.45, 2.75) is 181 Å². The highest BCUT2D eigenvalue weighted by molar-refractivity contribution is 4.72.